The Morgan fingerprint density at radius 3 is 2.42 bits per heavy atom. The van der Waals surface area contributed by atoms with E-state index in [1.165, 1.54) is 29.4 Å². The fourth-order valence-corrected chi connectivity index (χ4v) is 4.79. The summed E-state index contributed by atoms with van der Waals surface area (Å²) in [6.07, 6.45) is 0. The first-order valence-corrected chi connectivity index (χ1v) is 8.91. The van der Waals surface area contributed by atoms with Crippen LogP contribution in [0.2, 0.25) is 0 Å². The molecule has 0 amide bonds. The van der Waals surface area contributed by atoms with Crippen LogP contribution in [0.25, 0.3) is 0 Å². The summed E-state index contributed by atoms with van der Waals surface area (Å²) in [6, 6.07) is 13.5. The van der Waals surface area contributed by atoms with Gasteiger partial charge in [0.15, 0.2) is 0 Å². The molecule has 0 radical (unpaired) electrons. The molecular formula is C17H20ClFN2O2S. The Balaban J connectivity index is 0.00000208. The van der Waals surface area contributed by atoms with E-state index in [0.717, 1.165) is 5.56 Å². The van der Waals surface area contributed by atoms with Crippen molar-refractivity contribution in [3.63, 3.8) is 0 Å². The third kappa shape index (κ3) is 3.32. The molecule has 1 fully saturated rings. The Morgan fingerprint density at radius 2 is 1.75 bits per heavy atom. The average molecular weight is 371 g/mol. The molecule has 1 heterocycles. The first-order chi connectivity index (χ1) is 10.9. The van der Waals surface area contributed by atoms with Crippen molar-refractivity contribution in [1.29, 1.82) is 0 Å². The van der Waals surface area contributed by atoms with Gasteiger partial charge in [0.05, 0.1) is 4.90 Å². The number of nitrogens with zero attached hydrogens (tertiary/aromatic N) is 1. The molecule has 0 aliphatic carbocycles. The van der Waals surface area contributed by atoms with Gasteiger partial charge in [0.25, 0.3) is 0 Å². The van der Waals surface area contributed by atoms with E-state index in [1.807, 2.05) is 30.3 Å². The van der Waals surface area contributed by atoms with E-state index in [9.17, 15) is 12.8 Å². The molecule has 1 aliphatic rings. The molecule has 0 spiro atoms. The molecule has 2 aromatic rings. The van der Waals surface area contributed by atoms with Crippen LogP contribution in [0.4, 0.5) is 4.39 Å². The Bertz CT molecular complexity index is 815. The third-order valence-electron chi connectivity index (χ3n) is 4.40. The van der Waals surface area contributed by atoms with E-state index < -0.39 is 15.8 Å². The average Bonchev–Trinajstić information content (AvgIpc) is 2.93. The van der Waals surface area contributed by atoms with Crippen molar-refractivity contribution >= 4 is 22.4 Å². The first-order valence-electron chi connectivity index (χ1n) is 7.47. The molecule has 1 aliphatic heterocycles. The van der Waals surface area contributed by atoms with Crippen LogP contribution in [-0.4, -0.2) is 31.9 Å². The highest BCUT2D eigenvalue weighted by atomic mass is 35.5. The van der Waals surface area contributed by atoms with Gasteiger partial charge in [0, 0.05) is 30.6 Å². The van der Waals surface area contributed by atoms with Crippen LogP contribution >= 0.6 is 12.4 Å². The first kappa shape index (κ1) is 18.9. The van der Waals surface area contributed by atoms with Gasteiger partial charge in [-0.2, -0.15) is 4.31 Å². The topological polar surface area (TPSA) is 63.4 Å². The molecule has 2 atom stereocenters. The third-order valence-corrected chi connectivity index (χ3v) is 6.37. The fourth-order valence-electron chi connectivity index (χ4n) is 3.05. The molecule has 2 aromatic carbocycles. The standard InChI is InChI=1S/C17H19FN2O2S.ClH/c1-12-15(18)8-5-9-17(12)23(21,22)20-10-14(16(19)11-20)13-6-3-2-4-7-13;/h2-9,14,16H,10-11,19H2,1H3;1H/t14-,16+;/m0./s1. The Hall–Kier alpha value is -1.47. The summed E-state index contributed by atoms with van der Waals surface area (Å²) in [5, 5.41) is 0. The lowest BCUT2D eigenvalue weighted by Gasteiger charge is -2.18. The molecule has 4 nitrogen and oxygen atoms in total. The number of hydrogen-bond donors (Lipinski definition) is 1. The van der Waals surface area contributed by atoms with E-state index in [4.69, 9.17) is 5.73 Å². The van der Waals surface area contributed by atoms with Crippen LogP contribution in [0, 0.1) is 12.7 Å². The van der Waals surface area contributed by atoms with Crippen molar-refractivity contribution in [2.45, 2.75) is 23.8 Å². The summed E-state index contributed by atoms with van der Waals surface area (Å²) in [7, 11) is -3.75. The normalized spacial score (nSPS) is 21.5. The smallest absolute Gasteiger partial charge is 0.243 e. The SMILES string of the molecule is Cc1c(F)cccc1S(=O)(=O)N1C[C@@H](N)[C@H](c2ccccc2)C1.Cl. The van der Waals surface area contributed by atoms with Gasteiger partial charge in [0.1, 0.15) is 5.82 Å². The predicted molar refractivity (Wildman–Crippen MR) is 94.3 cm³/mol. The zero-order chi connectivity index (χ0) is 16.6. The minimum absolute atomic E-state index is 0. The van der Waals surface area contributed by atoms with Crippen LogP contribution in [0.15, 0.2) is 53.4 Å². The molecule has 7 heteroatoms. The Labute approximate surface area is 147 Å². The van der Waals surface area contributed by atoms with Gasteiger partial charge in [-0.3, -0.25) is 0 Å². The fraction of sp³-hybridized carbons (Fsp3) is 0.294. The van der Waals surface area contributed by atoms with Gasteiger partial charge in [0.2, 0.25) is 10.0 Å². The minimum atomic E-state index is -3.75. The number of hydrogen-bond acceptors (Lipinski definition) is 3. The van der Waals surface area contributed by atoms with Crippen LogP contribution < -0.4 is 5.73 Å². The molecule has 24 heavy (non-hydrogen) atoms. The van der Waals surface area contributed by atoms with Crippen LogP contribution in [0.5, 0.6) is 0 Å². The lowest BCUT2D eigenvalue weighted by molar-refractivity contribution is 0.468. The minimum Gasteiger partial charge on any atom is -0.326 e. The van der Waals surface area contributed by atoms with Crippen molar-refractivity contribution in [2.24, 2.45) is 5.73 Å². The molecule has 130 valence electrons. The highest BCUT2D eigenvalue weighted by Gasteiger charge is 2.38. The number of sulfonamides is 1. The lowest BCUT2D eigenvalue weighted by Crippen LogP contribution is -2.32. The summed E-state index contributed by atoms with van der Waals surface area (Å²) in [4.78, 5) is 0.0124. The predicted octanol–water partition coefficient (Wildman–Crippen LogP) is 2.67. The van der Waals surface area contributed by atoms with E-state index in [-0.39, 0.29) is 41.4 Å². The highest BCUT2D eigenvalue weighted by Crippen LogP contribution is 2.31. The largest absolute Gasteiger partial charge is 0.326 e. The molecule has 0 saturated carbocycles. The summed E-state index contributed by atoms with van der Waals surface area (Å²) >= 11 is 0. The van der Waals surface area contributed by atoms with Gasteiger partial charge < -0.3 is 5.73 Å². The monoisotopic (exact) mass is 370 g/mol. The van der Waals surface area contributed by atoms with Gasteiger partial charge in [-0.15, -0.1) is 12.4 Å². The maximum atomic E-state index is 13.7. The van der Waals surface area contributed by atoms with Crippen LogP contribution in [0.1, 0.15) is 17.0 Å². The zero-order valence-corrected chi connectivity index (χ0v) is 14.9. The van der Waals surface area contributed by atoms with Crippen molar-refractivity contribution in [2.75, 3.05) is 13.1 Å². The second-order valence-electron chi connectivity index (χ2n) is 5.87. The molecular weight excluding hydrogens is 351 g/mol. The van der Waals surface area contributed by atoms with Crippen molar-refractivity contribution in [3.05, 3.63) is 65.5 Å². The second-order valence-corrected chi connectivity index (χ2v) is 7.77. The van der Waals surface area contributed by atoms with Crippen molar-refractivity contribution in [3.8, 4) is 0 Å². The van der Waals surface area contributed by atoms with E-state index >= 15 is 0 Å². The maximum absolute atomic E-state index is 13.7. The van der Waals surface area contributed by atoms with Gasteiger partial charge >= 0.3 is 0 Å². The molecule has 0 bridgehead atoms. The number of nitrogens with two attached hydrogens (primary N) is 1. The lowest BCUT2D eigenvalue weighted by atomic mass is 9.95. The van der Waals surface area contributed by atoms with Gasteiger partial charge in [-0.05, 0) is 24.6 Å². The number of benzene rings is 2. The van der Waals surface area contributed by atoms with Crippen molar-refractivity contribution in [1.82, 2.24) is 4.31 Å². The highest BCUT2D eigenvalue weighted by molar-refractivity contribution is 7.89. The summed E-state index contributed by atoms with van der Waals surface area (Å²) in [6.45, 7) is 2.02. The zero-order valence-electron chi connectivity index (χ0n) is 13.2. The Kier molecular flexibility index (Phi) is 5.65. The van der Waals surface area contributed by atoms with Crippen LogP contribution in [0.3, 0.4) is 0 Å². The summed E-state index contributed by atoms with van der Waals surface area (Å²) in [5.74, 6) is -0.575. The molecule has 2 N–H and O–H groups in total. The number of halogens is 2. The van der Waals surface area contributed by atoms with Gasteiger partial charge in [-0.1, -0.05) is 36.4 Å². The maximum Gasteiger partial charge on any atom is 0.243 e. The van der Waals surface area contributed by atoms with E-state index in [1.54, 1.807) is 0 Å². The Morgan fingerprint density at radius 1 is 1.08 bits per heavy atom. The second kappa shape index (κ2) is 7.19. The summed E-state index contributed by atoms with van der Waals surface area (Å²) in [5.41, 5.74) is 7.33. The molecule has 1 saturated heterocycles. The van der Waals surface area contributed by atoms with Gasteiger partial charge in [-0.25, -0.2) is 12.8 Å². The molecule has 0 aromatic heterocycles. The molecule has 0 unspecified atom stereocenters. The quantitative estimate of drug-likeness (QED) is 0.903. The van der Waals surface area contributed by atoms with E-state index in [0.29, 0.717) is 6.54 Å². The van der Waals surface area contributed by atoms with Crippen LogP contribution in [-0.2, 0) is 10.0 Å². The van der Waals surface area contributed by atoms with Crippen molar-refractivity contribution < 1.29 is 12.8 Å². The summed E-state index contributed by atoms with van der Waals surface area (Å²) < 4.78 is 40.7. The molecule has 3 rings (SSSR count). The number of rotatable bonds is 3. The van der Waals surface area contributed by atoms with E-state index in [2.05, 4.69) is 0 Å².